The van der Waals surface area contributed by atoms with Crippen molar-refractivity contribution in [2.75, 3.05) is 11.9 Å². The van der Waals surface area contributed by atoms with Gasteiger partial charge in [0, 0.05) is 18.5 Å². The fourth-order valence-electron chi connectivity index (χ4n) is 5.59. The fourth-order valence-corrected chi connectivity index (χ4v) is 5.59. The highest BCUT2D eigenvalue weighted by atomic mass is 16.2. The van der Waals surface area contributed by atoms with Crippen LogP contribution in [0.3, 0.4) is 0 Å². The minimum Gasteiger partial charge on any atom is -0.326 e. The summed E-state index contributed by atoms with van der Waals surface area (Å²) in [5, 5.41) is 4.97. The predicted octanol–water partition coefficient (Wildman–Crippen LogP) is 1.42. The van der Waals surface area contributed by atoms with E-state index in [9.17, 15) is 14.4 Å². The summed E-state index contributed by atoms with van der Waals surface area (Å²) >= 11 is 0. The van der Waals surface area contributed by atoms with Gasteiger partial charge in [-0.1, -0.05) is 61.9 Å². The van der Waals surface area contributed by atoms with Gasteiger partial charge in [-0.25, -0.2) is 0 Å². The molecule has 2 aromatic carbocycles. The van der Waals surface area contributed by atoms with Crippen molar-refractivity contribution in [3.8, 4) is 0 Å². The van der Waals surface area contributed by atoms with E-state index >= 15 is 0 Å². The highest BCUT2D eigenvalue weighted by Gasteiger charge is 2.73. The standard InChI is InChI=1S/C24H25N3O3/c1-2-3-13-27-21(28)19-18(14-15-9-5-4-6-10-15)26-24(20(19)22(27)29)16-11-7-8-12-17(16)25-23(24)30/h4-12,18-20,26H,2-3,13-14H2,1H3,(H,25,30)/p+1/t18-,19+,20-,24+/m0/s1. The number of benzene rings is 2. The largest absolute Gasteiger partial charge is 0.326 e. The zero-order valence-corrected chi connectivity index (χ0v) is 17.0. The van der Waals surface area contributed by atoms with Crippen molar-refractivity contribution in [3.63, 3.8) is 0 Å². The number of para-hydroxylation sites is 1. The van der Waals surface area contributed by atoms with Gasteiger partial charge in [0.15, 0.2) is 0 Å². The van der Waals surface area contributed by atoms with Crippen molar-refractivity contribution in [1.82, 2.24) is 4.90 Å². The average Bonchev–Trinajstić information content (AvgIpc) is 3.33. The molecule has 0 unspecified atom stereocenters. The number of likely N-dealkylation sites (tertiary alicyclic amines) is 1. The molecule has 3 amide bonds. The van der Waals surface area contributed by atoms with Gasteiger partial charge in [-0.05, 0) is 18.1 Å². The van der Waals surface area contributed by atoms with E-state index in [4.69, 9.17) is 0 Å². The van der Waals surface area contributed by atoms with Crippen molar-refractivity contribution in [3.05, 3.63) is 65.7 Å². The van der Waals surface area contributed by atoms with Crippen molar-refractivity contribution in [2.24, 2.45) is 11.8 Å². The van der Waals surface area contributed by atoms with Crippen LogP contribution in [-0.2, 0) is 26.3 Å². The number of nitrogens with one attached hydrogen (secondary N) is 1. The first-order valence-electron chi connectivity index (χ1n) is 10.7. The highest BCUT2D eigenvalue weighted by Crippen LogP contribution is 2.49. The second-order valence-electron chi connectivity index (χ2n) is 8.57. The topological polar surface area (TPSA) is 83.1 Å². The molecular weight excluding hydrogens is 378 g/mol. The maximum atomic E-state index is 13.5. The summed E-state index contributed by atoms with van der Waals surface area (Å²) in [7, 11) is 0. The number of hydrogen-bond acceptors (Lipinski definition) is 3. The Morgan fingerprint density at radius 3 is 2.50 bits per heavy atom. The third kappa shape index (κ3) is 2.56. The summed E-state index contributed by atoms with van der Waals surface area (Å²) in [5.41, 5.74) is 1.59. The van der Waals surface area contributed by atoms with Crippen molar-refractivity contribution < 1.29 is 19.7 Å². The van der Waals surface area contributed by atoms with Gasteiger partial charge in [0.2, 0.25) is 17.4 Å². The van der Waals surface area contributed by atoms with Gasteiger partial charge < -0.3 is 10.6 Å². The van der Waals surface area contributed by atoms with E-state index in [0.29, 0.717) is 13.0 Å². The average molecular weight is 404 g/mol. The van der Waals surface area contributed by atoms with Crippen LogP contribution in [0.15, 0.2) is 54.6 Å². The number of carbonyl (C=O) groups excluding carboxylic acids is 3. The molecule has 4 atom stereocenters. The first-order valence-corrected chi connectivity index (χ1v) is 10.7. The van der Waals surface area contributed by atoms with Gasteiger partial charge in [-0.15, -0.1) is 0 Å². The van der Waals surface area contributed by atoms with Crippen LogP contribution in [0.5, 0.6) is 0 Å². The minimum absolute atomic E-state index is 0.121. The number of imide groups is 1. The number of anilines is 1. The minimum atomic E-state index is -1.07. The van der Waals surface area contributed by atoms with Crippen LogP contribution in [0.2, 0.25) is 0 Å². The van der Waals surface area contributed by atoms with Crippen LogP contribution >= 0.6 is 0 Å². The molecule has 6 nitrogen and oxygen atoms in total. The maximum Gasteiger partial charge on any atom is 0.291 e. The van der Waals surface area contributed by atoms with Crippen LogP contribution < -0.4 is 10.6 Å². The zero-order valence-electron chi connectivity index (χ0n) is 17.0. The molecule has 5 rings (SSSR count). The van der Waals surface area contributed by atoms with E-state index in [0.717, 1.165) is 29.7 Å². The lowest BCUT2D eigenvalue weighted by atomic mass is 9.76. The van der Waals surface area contributed by atoms with Crippen molar-refractivity contribution in [1.29, 1.82) is 0 Å². The predicted molar refractivity (Wildman–Crippen MR) is 111 cm³/mol. The molecule has 0 radical (unpaired) electrons. The SMILES string of the molecule is CCCCN1C(=O)[C@@H]2[C@H](Cc3ccccc3)[NH2+][C@@]3(C(=O)Nc4ccccc43)[C@@H]2C1=O. The van der Waals surface area contributed by atoms with Crippen molar-refractivity contribution >= 4 is 23.4 Å². The number of rotatable bonds is 5. The second-order valence-corrected chi connectivity index (χ2v) is 8.57. The lowest BCUT2D eigenvalue weighted by Gasteiger charge is -2.26. The third-order valence-corrected chi connectivity index (χ3v) is 6.92. The Morgan fingerprint density at radius 1 is 1.00 bits per heavy atom. The third-order valence-electron chi connectivity index (χ3n) is 6.92. The molecule has 0 bridgehead atoms. The molecule has 3 aliphatic heterocycles. The van der Waals surface area contributed by atoms with Crippen LogP contribution in [0.4, 0.5) is 5.69 Å². The molecule has 2 fully saturated rings. The number of fused-ring (bicyclic) bond motifs is 4. The zero-order chi connectivity index (χ0) is 20.9. The van der Waals surface area contributed by atoms with E-state index in [-0.39, 0.29) is 23.8 Å². The van der Waals surface area contributed by atoms with Gasteiger partial charge in [0.05, 0.1) is 5.69 Å². The molecule has 0 aromatic heterocycles. The van der Waals surface area contributed by atoms with Crippen LogP contribution in [-0.4, -0.2) is 35.2 Å². The number of hydrogen-bond donors (Lipinski definition) is 2. The quantitative estimate of drug-likeness (QED) is 0.740. The Balaban J connectivity index is 1.60. The van der Waals surface area contributed by atoms with E-state index in [1.165, 1.54) is 4.90 Å². The summed E-state index contributed by atoms with van der Waals surface area (Å²) in [6, 6.07) is 17.4. The van der Waals surface area contributed by atoms with E-state index < -0.39 is 17.4 Å². The Kier molecular flexibility index (Phi) is 4.47. The second kappa shape index (κ2) is 7.06. The van der Waals surface area contributed by atoms with Crippen LogP contribution in [0, 0.1) is 11.8 Å². The van der Waals surface area contributed by atoms with E-state index in [2.05, 4.69) is 5.32 Å². The Morgan fingerprint density at radius 2 is 1.73 bits per heavy atom. The normalized spacial score (nSPS) is 29.4. The number of nitrogens with two attached hydrogens (primary N) is 1. The van der Waals surface area contributed by atoms with Gasteiger partial charge in [0.25, 0.3) is 5.91 Å². The van der Waals surface area contributed by atoms with Gasteiger partial charge in [0.1, 0.15) is 17.9 Å². The number of amides is 3. The number of unbranched alkanes of at least 4 members (excludes halogenated alkanes) is 1. The molecular formula is C24H26N3O3+. The van der Waals surface area contributed by atoms with Gasteiger partial charge in [-0.3, -0.25) is 19.3 Å². The lowest BCUT2D eigenvalue weighted by Crippen LogP contribution is -2.99. The molecule has 154 valence electrons. The Bertz CT molecular complexity index is 1020. The monoisotopic (exact) mass is 404 g/mol. The summed E-state index contributed by atoms with van der Waals surface area (Å²) in [6.45, 7) is 2.47. The van der Waals surface area contributed by atoms with Crippen LogP contribution in [0.1, 0.15) is 30.9 Å². The van der Waals surface area contributed by atoms with Gasteiger partial charge >= 0.3 is 0 Å². The van der Waals surface area contributed by atoms with E-state index in [1.807, 2.05) is 66.8 Å². The fraction of sp³-hybridized carbons (Fsp3) is 0.375. The number of nitrogens with zero attached hydrogens (tertiary/aromatic N) is 1. The van der Waals surface area contributed by atoms with Gasteiger partial charge in [-0.2, -0.15) is 0 Å². The smallest absolute Gasteiger partial charge is 0.291 e. The van der Waals surface area contributed by atoms with Crippen LogP contribution in [0.25, 0.3) is 0 Å². The molecule has 30 heavy (non-hydrogen) atoms. The molecule has 3 N–H and O–H groups in total. The molecule has 2 aromatic rings. The highest BCUT2D eigenvalue weighted by molar-refractivity contribution is 6.13. The number of carbonyl (C=O) groups is 3. The first-order chi connectivity index (χ1) is 14.6. The molecule has 0 saturated carbocycles. The number of quaternary nitrogens is 1. The van der Waals surface area contributed by atoms with E-state index in [1.54, 1.807) is 0 Å². The summed E-state index contributed by atoms with van der Waals surface area (Å²) in [6.07, 6.45) is 2.32. The molecule has 2 saturated heterocycles. The molecule has 6 heteroatoms. The Labute approximate surface area is 175 Å². The Hall–Kier alpha value is -2.99. The lowest BCUT2D eigenvalue weighted by molar-refractivity contribution is -0.733. The summed E-state index contributed by atoms with van der Waals surface area (Å²) in [4.78, 5) is 41.7. The molecule has 1 spiro atoms. The maximum absolute atomic E-state index is 13.5. The molecule has 3 aliphatic rings. The molecule has 0 aliphatic carbocycles. The summed E-state index contributed by atoms with van der Waals surface area (Å²) < 4.78 is 0. The first kappa shape index (κ1) is 19.0. The van der Waals surface area contributed by atoms with Crippen molar-refractivity contribution in [2.45, 2.75) is 37.8 Å². The summed E-state index contributed by atoms with van der Waals surface area (Å²) in [5.74, 6) is -1.67. The molecule has 3 heterocycles.